The van der Waals surface area contributed by atoms with Gasteiger partial charge in [0.2, 0.25) is 11.8 Å². The molecular formula is C21H28N6OS. The Hall–Kier alpha value is -2.35. The van der Waals surface area contributed by atoms with Crippen molar-refractivity contribution in [1.29, 1.82) is 0 Å². The lowest BCUT2D eigenvalue weighted by atomic mass is 9.96. The van der Waals surface area contributed by atoms with E-state index in [1.165, 1.54) is 18.4 Å². The number of hydrogen-bond donors (Lipinski definition) is 0. The van der Waals surface area contributed by atoms with Crippen molar-refractivity contribution in [3.63, 3.8) is 0 Å². The zero-order valence-electron chi connectivity index (χ0n) is 17.7. The highest BCUT2D eigenvalue weighted by Crippen LogP contribution is 2.37. The first-order valence-electron chi connectivity index (χ1n) is 10.1. The van der Waals surface area contributed by atoms with Crippen molar-refractivity contribution in [2.24, 2.45) is 0 Å². The van der Waals surface area contributed by atoms with Crippen LogP contribution in [0.3, 0.4) is 0 Å². The Kier molecular flexibility index (Phi) is 5.38. The molecule has 1 saturated heterocycles. The molecule has 1 fully saturated rings. The molecule has 154 valence electrons. The highest BCUT2D eigenvalue weighted by Gasteiger charge is 2.27. The summed E-state index contributed by atoms with van der Waals surface area (Å²) in [6.45, 7) is 12.4. The summed E-state index contributed by atoms with van der Waals surface area (Å²) in [5.41, 5.74) is 2.16. The van der Waals surface area contributed by atoms with Crippen LogP contribution < -0.4 is 4.90 Å². The number of nitrogens with zero attached hydrogens (tertiary/aromatic N) is 6. The Morgan fingerprint density at radius 3 is 2.38 bits per heavy atom. The van der Waals surface area contributed by atoms with E-state index in [1.807, 2.05) is 0 Å². The Labute approximate surface area is 175 Å². The Balaban J connectivity index is 1.66. The van der Waals surface area contributed by atoms with E-state index in [9.17, 15) is 0 Å². The maximum absolute atomic E-state index is 5.54. The van der Waals surface area contributed by atoms with Gasteiger partial charge in [-0.25, -0.2) is 0 Å². The molecule has 0 saturated carbocycles. The van der Waals surface area contributed by atoms with Gasteiger partial charge in [-0.2, -0.15) is 4.98 Å². The zero-order chi connectivity index (χ0) is 20.6. The minimum absolute atomic E-state index is 0.0292. The van der Waals surface area contributed by atoms with Crippen LogP contribution in [0.4, 0.5) is 5.95 Å². The molecule has 0 spiro atoms. The molecule has 3 heterocycles. The van der Waals surface area contributed by atoms with Gasteiger partial charge >= 0.3 is 0 Å². The third-order valence-corrected chi connectivity index (χ3v) is 6.07. The fraction of sp³-hybridized carbons (Fsp3) is 0.524. The molecule has 4 rings (SSSR count). The van der Waals surface area contributed by atoms with Gasteiger partial charge in [-0.1, -0.05) is 55.4 Å². The first-order valence-corrected chi connectivity index (χ1v) is 11.0. The van der Waals surface area contributed by atoms with Gasteiger partial charge in [0.15, 0.2) is 11.0 Å². The maximum atomic E-state index is 5.54. The van der Waals surface area contributed by atoms with Crippen molar-refractivity contribution in [2.75, 3.05) is 18.0 Å². The second-order valence-electron chi connectivity index (χ2n) is 8.61. The predicted octanol–water partition coefficient (Wildman–Crippen LogP) is 4.71. The second kappa shape index (κ2) is 7.82. The van der Waals surface area contributed by atoms with Crippen LogP contribution in [0.5, 0.6) is 0 Å². The van der Waals surface area contributed by atoms with E-state index in [2.05, 4.69) is 88.7 Å². The van der Waals surface area contributed by atoms with Crippen LogP contribution in [-0.2, 0) is 5.41 Å². The van der Waals surface area contributed by atoms with Crippen molar-refractivity contribution in [1.82, 2.24) is 24.9 Å². The molecule has 0 radical (unpaired) electrons. The summed E-state index contributed by atoms with van der Waals surface area (Å²) < 4.78 is 7.69. The summed E-state index contributed by atoms with van der Waals surface area (Å²) in [5.74, 6) is 2.24. The molecule has 1 atom stereocenters. The summed E-state index contributed by atoms with van der Waals surface area (Å²) in [6.07, 6.45) is 2.38. The molecule has 1 aromatic carbocycles. The average molecular weight is 413 g/mol. The molecule has 29 heavy (non-hydrogen) atoms. The standard InChI is InChI=1S/C21H28N6OS/c1-14-8-10-16(11-9-14)27-19(26-12-6-7-13-26)23-24-20(27)29-15(2)17-22-18(25-28-17)21(3,4)5/h8-11,15H,6-7,12-13H2,1-5H3/t15-/m1/s1. The largest absolute Gasteiger partial charge is 0.341 e. The minimum atomic E-state index is -0.142. The van der Waals surface area contributed by atoms with Gasteiger partial charge in [-0.05, 0) is 38.8 Å². The fourth-order valence-electron chi connectivity index (χ4n) is 3.29. The van der Waals surface area contributed by atoms with Gasteiger partial charge in [0.25, 0.3) is 0 Å². The van der Waals surface area contributed by atoms with Crippen LogP contribution in [0.15, 0.2) is 33.9 Å². The summed E-state index contributed by atoms with van der Waals surface area (Å²) in [7, 11) is 0. The van der Waals surface area contributed by atoms with E-state index in [0.29, 0.717) is 5.89 Å². The minimum Gasteiger partial charge on any atom is -0.341 e. The van der Waals surface area contributed by atoms with E-state index in [1.54, 1.807) is 11.8 Å². The van der Waals surface area contributed by atoms with Gasteiger partial charge in [-0.15, -0.1) is 10.2 Å². The van der Waals surface area contributed by atoms with Crippen molar-refractivity contribution in [3.05, 3.63) is 41.5 Å². The van der Waals surface area contributed by atoms with Gasteiger partial charge in [-0.3, -0.25) is 4.57 Å². The normalized spacial score (nSPS) is 15.8. The van der Waals surface area contributed by atoms with E-state index >= 15 is 0 Å². The Morgan fingerprint density at radius 2 is 1.76 bits per heavy atom. The summed E-state index contributed by atoms with van der Waals surface area (Å²) in [5, 5.41) is 14.0. The number of aromatic nitrogens is 5. The predicted molar refractivity (Wildman–Crippen MR) is 115 cm³/mol. The Morgan fingerprint density at radius 1 is 1.07 bits per heavy atom. The average Bonchev–Trinajstić information content (AvgIpc) is 3.42. The van der Waals surface area contributed by atoms with E-state index in [-0.39, 0.29) is 10.7 Å². The third-order valence-electron chi connectivity index (χ3n) is 5.04. The van der Waals surface area contributed by atoms with Crippen LogP contribution in [-0.4, -0.2) is 38.0 Å². The molecule has 0 N–H and O–H groups in total. The van der Waals surface area contributed by atoms with E-state index in [0.717, 1.165) is 35.7 Å². The molecule has 0 unspecified atom stereocenters. The molecule has 0 bridgehead atoms. The smallest absolute Gasteiger partial charge is 0.239 e. The van der Waals surface area contributed by atoms with Gasteiger partial charge in [0, 0.05) is 18.5 Å². The molecular weight excluding hydrogens is 384 g/mol. The van der Waals surface area contributed by atoms with E-state index < -0.39 is 0 Å². The second-order valence-corrected chi connectivity index (χ2v) is 9.92. The summed E-state index contributed by atoms with van der Waals surface area (Å²) in [4.78, 5) is 6.92. The van der Waals surface area contributed by atoms with Crippen molar-refractivity contribution >= 4 is 17.7 Å². The maximum Gasteiger partial charge on any atom is 0.239 e. The number of hydrogen-bond acceptors (Lipinski definition) is 7. The third kappa shape index (κ3) is 4.17. The lowest BCUT2D eigenvalue weighted by Gasteiger charge is -2.19. The molecule has 2 aromatic heterocycles. The number of aryl methyl sites for hydroxylation is 1. The molecule has 1 aliphatic rings. The fourth-order valence-corrected chi connectivity index (χ4v) is 4.19. The van der Waals surface area contributed by atoms with Crippen LogP contribution >= 0.6 is 11.8 Å². The highest BCUT2D eigenvalue weighted by molar-refractivity contribution is 7.99. The number of anilines is 1. The monoisotopic (exact) mass is 412 g/mol. The molecule has 0 amide bonds. The Bertz CT molecular complexity index is 966. The highest BCUT2D eigenvalue weighted by atomic mass is 32.2. The van der Waals surface area contributed by atoms with Crippen molar-refractivity contribution in [3.8, 4) is 5.69 Å². The molecule has 0 aliphatic carbocycles. The lowest BCUT2D eigenvalue weighted by molar-refractivity contribution is 0.364. The molecule has 1 aliphatic heterocycles. The molecule has 3 aromatic rings. The summed E-state index contributed by atoms with van der Waals surface area (Å²) in [6, 6.07) is 8.48. The first kappa shape index (κ1) is 19.9. The number of thioether (sulfide) groups is 1. The van der Waals surface area contributed by atoms with E-state index in [4.69, 9.17) is 4.52 Å². The lowest BCUT2D eigenvalue weighted by Crippen LogP contribution is -2.22. The molecule has 7 nitrogen and oxygen atoms in total. The molecule has 8 heteroatoms. The van der Waals surface area contributed by atoms with Crippen LogP contribution in [0.1, 0.15) is 63.1 Å². The zero-order valence-corrected chi connectivity index (χ0v) is 18.5. The van der Waals surface area contributed by atoms with Crippen LogP contribution in [0.25, 0.3) is 5.69 Å². The van der Waals surface area contributed by atoms with Crippen LogP contribution in [0, 0.1) is 6.92 Å². The summed E-state index contributed by atoms with van der Waals surface area (Å²) >= 11 is 1.59. The van der Waals surface area contributed by atoms with Gasteiger partial charge in [0.05, 0.1) is 10.9 Å². The SMILES string of the molecule is Cc1ccc(-n2c(S[C@H](C)c3nc(C(C)(C)C)no3)nnc2N2CCCC2)cc1. The van der Waals surface area contributed by atoms with Crippen LogP contribution in [0.2, 0.25) is 0 Å². The van der Waals surface area contributed by atoms with Gasteiger partial charge < -0.3 is 9.42 Å². The quantitative estimate of drug-likeness (QED) is 0.562. The topological polar surface area (TPSA) is 72.9 Å². The van der Waals surface area contributed by atoms with Crippen molar-refractivity contribution in [2.45, 2.75) is 63.3 Å². The number of benzene rings is 1. The van der Waals surface area contributed by atoms with Crippen molar-refractivity contribution < 1.29 is 4.52 Å². The first-order chi connectivity index (χ1) is 13.8. The number of rotatable bonds is 5. The van der Waals surface area contributed by atoms with Gasteiger partial charge in [0.1, 0.15) is 0 Å².